The van der Waals surface area contributed by atoms with Crippen LogP contribution in [-0.2, 0) is 5.54 Å². The Labute approximate surface area is 232 Å². The molecule has 2 amide bonds. The Morgan fingerprint density at radius 3 is 2.13 bits per heavy atom. The molecule has 6 rings (SSSR count). The Morgan fingerprint density at radius 2 is 1.56 bits per heavy atom. The van der Waals surface area contributed by atoms with E-state index in [9.17, 15) is 9.90 Å². The molecule has 1 spiro atoms. The van der Waals surface area contributed by atoms with Gasteiger partial charge in [0.2, 0.25) is 5.95 Å². The van der Waals surface area contributed by atoms with E-state index >= 15 is 0 Å². The third kappa shape index (κ3) is 4.68. The van der Waals surface area contributed by atoms with Crippen molar-refractivity contribution in [3.63, 3.8) is 0 Å². The van der Waals surface area contributed by atoms with Gasteiger partial charge in [-0.2, -0.15) is 0 Å². The van der Waals surface area contributed by atoms with Crippen molar-refractivity contribution >= 4 is 17.7 Å². The van der Waals surface area contributed by atoms with Gasteiger partial charge in [0.1, 0.15) is 0 Å². The summed E-state index contributed by atoms with van der Waals surface area (Å²) in [5.41, 5.74) is 0.939. The average Bonchev–Trinajstić information content (AvgIpc) is 3.20. The zero-order valence-corrected chi connectivity index (χ0v) is 23.7. The van der Waals surface area contributed by atoms with Crippen molar-refractivity contribution in [1.82, 2.24) is 24.7 Å². The van der Waals surface area contributed by atoms with Gasteiger partial charge in [-0.25, -0.2) is 14.8 Å². The van der Waals surface area contributed by atoms with E-state index in [2.05, 4.69) is 76.1 Å². The molecule has 1 aromatic carbocycles. The van der Waals surface area contributed by atoms with Gasteiger partial charge in [-0.3, -0.25) is 9.80 Å². The zero-order valence-electron chi connectivity index (χ0n) is 23.7. The molecule has 39 heavy (non-hydrogen) atoms. The highest BCUT2D eigenvalue weighted by Crippen LogP contribution is 2.50. The lowest BCUT2D eigenvalue weighted by Crippen LogP contribution is -2.59. The van der Waals surface area contributed by atoms with E-state index in [-0.39, 0.29) is 17.1 Å². The second-order valence-corrected chi connectivity index (χ2v) is 12.6. The number of amides is 2. The minimum absolute atomic E-state index is 0.0247. The number of aromatic nitrogens is 2. The van der Waals surface area contributed by atoms with Crippen LogP contribution >= 0.6 is 0 Å². The second-order valence-electron chi connectivity index (χ2n) is 12.6. The molecular weight excluding hydrogens is 490 g/mol. The molecule has 0 unspecified atom stereocenters. The summed E-state index contributed by atoms with van der Waals surface area (Å²) in [5.74, 6) is 0.727. The minimum atomic E-state index is -0.768. The van der Waals surface area contributed by atoms with E-state index < -0.39 is 5.60 Å². The molecule has 9 heteroatoms. The first kappa shape index (κ1) is 26.5. The number of piperazine rings is 1. The van der Waals surface area contributed by atoms with Crippen LogP contribution in [0.3, 0.4) is 0 Å². The molecule has 2 aromatic rings. The van der Waals surface area contributed by atoms with E-state index in [4.69, 9.17) is 0 Å². The predicted octanol–water partition coefficient (Wildman–Crippen LogP) is 3.16. The Hall–Kier alpha value is -2.75. The highest BCUT2D eigenvalue weighted by molar-refractivity contribution is 5.95. The van der Waals surface area contributed by atoms with Crippen LogP contribution in [0.25, 0.3) is 0 Å². The fourth-order valence-electron chi connectivity index (χ4n) is 7.19. The summed E-state index contributed by atoms with van der Waals surface area (Å²) in [5, 5.41) is 11.2. The van der Waals surface area contributed by atoms with Gasteiger partial charge in [-0.15, -0.1) is 0 Å². The Kier molecular flexibility index (Phi) is 6.80. The number of likely N-dealkylation sites (N-methyl/N-ethyl adjacent to an activating group) is 1. The van der Waals surface area contributed by atoms with Gasteiger partial charge >= 0.3 is 6.03 Å². The number of carbonyl (C=O) groups excluding carboxylic acids is 1. The third-order valence-corrected chi connectivity index (χ3v) is 10.1. The molecular formula is C30H43N7O2. The van der Waals surface area contributed by atoms with E-state index in [1.165, 1.54) is 5.56 Å². The molecule has 0 bridgehead atoms. The number of hydrogen-bond acceptors (Lipinski definition) is 7. The van der Waals surface area contributed by atoms with Crippen LogP contribution in [0.2, 0.25) is 0 Å². The van der Waals surface area contributed by atoms with E-state index in [1.807, 2.05) is 22.2 Å². The summed E-state index contributed by atoms with van der Waals surface area (Å²) in [6.07, 6.45) is 9.86. The summed E-state index contributed by atoms with van der Waals surface area (Å²) < 4.78 is 0. The van der Waals surface area contributed by atoms with Crippen molar-refractivity contribution in [2.24, 2.45) is 0 Å². The van der Waals surface area contributed by atoms with E-state index in [0.717, 1.165) is 82.8 Å². The molecule has 2 aliphatic heterocycles. The summed E-state index contributed by atoms with van der Waals surface area (Å²) in [4.78, 5) is 34.2. The van der Waals surface area contributed by atoms with Gasteiger partial charge in [-0.05, 0) is 71.7 Å². The molecule has 1 N–H and O–H groups in total. The topological polar surface area (TPSA) is 79.3 Å². The zero-order chi connectivity index (χ0) is 27.3. The Morgan fingerprint density at radius 1 is 0.923 bits per heavy atom. The van der Waals surface area contributed by atoms with Gasteiger partial charge in [-0.1, -0.05) is 30.3 Å². The lowest BCUT2D eigenvalue weighted by Gasteiger charge is -2.52. The number of β-amino-alcohol motifs (C(OH)–C–C–N with tert-alkyl or cyclic N) is 1. The maximum absolute atomic E-state index is 14.0. The van der Waals surface area contributed by atoms with Crippen molar-refractivity contribution < 1.29 is 9.90 Å². The lowest BCUT2D eigenvalue weighted by atomic mass is 9.67. The molecule has 2 saturated heterocycles. The first-order valence-corrected chi connectivity index (χ1v) is 14.5. The summed E-state index contributed by atoms with van der Waals surface area (Å²) >= 11 is 0. The smallest absolute Gasteiger partial charge is 0.325 e. The number of hydrogen-bond donors (Lipinski definition) is 1. The maximum Gasteiger partial charge on any atom is 0.325 e. The fraction of sp³-hybridized carbons (Fsp3) is 0.633. The van der Waals surface area contributed by atoms with Gasteiger partial charge < -0.3 is 19.8 Å². The molecule has 3 heterocycles. The SMILES string of the molecule is CN1CCN(c2ncc(N3CC4(CCC(c5ccccc5)(N(C)C)CC4)N(CC4(O)CCC4)C3=O)cn2)CC1. The summed E-state index contributed by atoms with van der Waals surface area (Å²) in [6.45, 7) is 4.81. The molecule has 1 aromatic heterocycles. The van der Waals surface area contributed by atoms with Gasteiger partial charge in [0.25, 0.3) is 0 Å². The maximum atomic E-state index is 14.0. The van der Waals surface area contributed by atoms with Crippen LogP contribution in [0, 0.1) is 0 Å². The molecule has 4 fully saturated rings. The van der Waals surface area contributed by atoms with Crippen molar-refractivity contribution in [2.75, 3.05) is 70.2 Å². The quantitative estimate of drug-likeness (QED) is 0.611. The molecule has 0 atom stereocenters. The Balaban J connectivity index is 1.26. The first-order valence-electron chi connectivity index (χ1n) is 14.5. The number of urea groups is 1. The number of rotatable bonds is 6. The van der Waals surface area contributed by atoms with Crippen molar-refractivity contribution in [1.29, 1.82) is 0 Å². The van der Waals surface area contributed by atoms with Crippen LogP contribution in [0.1, 0.15) is 50.5 Å². The van der Waals surface area contributed by atoms with Crippen molar-refractivity contribution in [3.05, 3.63) is 48.3 Å². The Bertz CT molecular complexity index is 1150. The highest BCUT2D eigenvalue weighted by atomic mass is 16.3. The molecule has 0 radical (unpaired) electrons. The van der Waals surface area contributed by atoms with Crippen LogP contribution in [0.5, 0.6) is 0 Å². The minimum Gasteiger partial charge on any atom is -0.388 e. The number of carbonyl (C=O) groups is 1. The summed E-state index contributed by atoms with van der Waals surface area (Å²) in [6, 6.07) is 10.8. The molecule has 210 valence electrons. The van der Waals surface area contributed by atoms with Crippen LogP contribution < -0.4 is 9.80 Å². The van der Waals surface area contributed by atoms with Crippen LogP contribution in [0.4, 0.5) is 16.4 Å². The average molecular weight is 534 g/mol. The van der Waals surface area contributed by atoms with Crippen LogP contribution in [-0.4, -0.2) is 107 Å². The number of aliphatic hydroxyl groups is 1. The van der Waals surface area contributed by atoms with Crippen molar-refractivity contribution in [3.8, 4) is 0 Å². The number of nitrogens with zero attached hydrogens (tertiary/aromatic N) is 7. The fourth-order valence-corrected chi connectivity index (χ4v) is 7.19. The predicted molar refractivity (Wildman–Crippen MR) is 153 cm³/mol. The van der Waals surface area contributed by atoms with E-state index in [0.29, 0.717) is 13.1 Å². The lowest BCUT2D eigenvalue weighted by molar-refractivity contribution is -0.0725. The normalized spacial score (nSPS) is 29.4. The van der Waals surface area contributed by atoms with Crippen molar-refractivity contribution in [2.45, 2.75) is 61.6 Å². The van der Waals surface area contributed by atoms with E-state index in [1.54, 1.807) is 0 Å². The molecule has 2 aliphatic carbocycles. The number of anilines is 2. The van der Waals surface area contributed by atoms with Gasteiger partial charge in [0.05, 0.1) is 42.3 Å². The molecule has 4 aliphatic rings. The summed E-state index contributed by atoms with van der Waals surface area (Å²) in [7, 11) is 6.48. The monoisotopic (exact) mass is 533 g/mol. The first-order chi connectivity index (χ1) is 18.7. The molecule has 2 saturated carbocycles. The van der Waals surface area contributed by atoms with Gasteiger partial charge in [0, 0.05) is 31.7 Å². The second kappa shape index (κ2) is 10.0. The largest absolute Gasteiger partial charge is 0.388 e. The van der Waals surface area contributed by atoms with Crippen LogP contribution in [0.15, 0.2) is 42.7 Å². The number of benzene rings is 1. The molecule has 9 nitrogen and oxygen atoms in total. The standard InChI is InChI=1S/C30H43N7O2/c1-33(2)30(24-8-5-4-6-9-24)14-12-28(13-15-30)22-36(27(38)37(28)23-29(39)10-7-11-29)25-20-31-26(32-21-25)35-18-16-34(3)17-19-35/h4-6,8-9,20-21,39H,7,10-19,22-23H2,1-3H3. The third-order valence-electron chi connectivity index (χ3n) is 10.1. The highest BCUT2D eigenvalue weighted by Gasteiger charge is 2.56. The van der Waals surface area contributed by atoms with Gasteiger partial charge in [0.15, 0.2) is 0 Å².